The van der Waals surface area contributed by atoms with E-state index in [0.717, 1.165) is 0 Å². The van der Waals surface area contributed by atoms with E-state index in [1.165, 1.54) is 24.3 Å². The zero-order valence-electron chi connectivity index (χ0n) is 12.3. The summed E-state index contributed by atoms with van der Waals surface area (Å²) in [6.07, 6.45) is -0.636. The third kappa shape index (κ3) is 3.15. The highest BCUT2D eigenvalue weighted by Gasteiger charge is 2.26. The van der Waals surface area contributed by atoms with Crippen molar-refractivity contribution in [3.63, 3.8) is 0 Å². The van der Waals surface area contributed by atoms with Crippen molar-refractivity contribution in [1.29, 1.82) is 0 Å². The molecule has 1 atom stereocenters. The van der Waals surface area contributed by atoms with Crippen molar-refractivity contribution in [2.75, 3.05) is 10.0 Å². The van der Waals surface area contributed by atoms with Crippen LogP contribution < -0.4 is 14.8 Å². The van der Waals surface area contributed by atoms with E-state index >= 15 is 0 Å². The van der Waals surface area contributed by atoms with E-state index < -0.39 is 16.1 Å². The number of benzene rings is 2. The molecule has 1 amide bonds. The maximum atomic E-state index is 12.5. The number of carbonyl (C=O) groups is 1. The number of hydrogen-bond acceptors (Lipinski definition) is 4. The molecular weight excluding hydrogens is 375 g/mol. The van der Waals surface area contributed by atoms with Crippen LogP contribution in [0, 0.1) is 0 Å². The lowest BCUT2D eigenvalue weighted by Gasteiger charge is -2.23. The standard InChI is InChI=1S/C15H12Cl2N2O4S/c1-8-15(20)18-12-7-9(5-6-13(12)23-8)24(21,22)19-11-4-2-3-10(16)14(11)17/h2-8,19H,1H3,(H,18,20). The van der Waals surface area contributed by atoms with Crippen LogP contribution in [0.1, 0.15) is 6.92 Å². The van der Waals surface area contributed by atoms with Gasteiger partial charge in [0.05, 0.1) is 26.3 Å². The van der Waals surface area contributed by atoms with E-state index in [0.29, 0.717) is 5.75 Å². The molecule has 1 heterocycles. The van der Waals surface area contributed by atoms with Crippen LogP contribution in [0.25, 0.3) is 0 Å². The van der Waals surface area contributed by atoms with Gasteiger partial charge < -0.3 is 10.1 Å². The van der Waals surface area contributed by atoms with E-state index in [-0.39, 0.29) is 32.2 Å². The first-order valence-electron chi connectivity index (χ1n) is 6.86. The molecule has 2 N–H and O–H groups in total. The number of nitrogens with one attached hydrogen (secondary N) is 2. The van der Waals surface area contributed by atoms with Crippen LogP contribution in [-0.2, 0) is 14.8 Å². The second kappa shape index (κ2) is 6.16. The molecule has 1 aliphatic rings. The van der Waals surface area contributed by atoms with Gasteiger partial charge in [-0.25, -0.2) is 8.42 Å². The minimum Gasteiger partial charge on any atom is -0.479 e. The lowest BCUT2D eigenvalue weighted by atomic mass is 10.2. The second-order valence-electron chi connectivity index (χ2n) is 5.11. The van der Waals surface area contributed by atoms with Crippen LogP contribution in [0.3, 0.4) is 0 Å². The summed E-state index contributed by atoms with van der Waals surface area (Å²) in [5, 5.41) is 2.94. The molecule has 3 rings (SSSR count). The molecule has 126 valence electrons. The number of fused-ring (bicyclic) bond motifs is 1. The van der Waals surface area contributed by atoms with Gasteiger partial charge in [-0.3, -0.25) is 9.52 Å². The lowest BCUT2D eigenvalue weighted by Crippen LogP contribution is -2.34. The van der Waals surface area contributed by atoms with E-state index in [9.17, 15) is 13.2 Å². The second-order valence-corrected chi connectivity index (χ2v) is 7.58. The zero-order valence-corrected chi connectivity index (χ0v) is 14.7. The summed E-state index contributed by atoms with van der Waals surface area (Å²) in [4.78, 5) is 11.6. The van der Waals surface area contributed by atoms with Crippen molar-refractivity contribution in [2.45, 2.75) is 17.9 Å². The van der Waals surface area contributed by atoms with Crippen LogP contribution in [0.5, 0.6) is 5.75 Å². The highest BCUT2D eigenvalue weighted by atomic mass is 35.5. The molecule has 0 aliphatic carbocycles. The molecule has 9 heteroatoms. The van der Waals surface area contributed by atoms with E-state index in [2.05, 4.69) is 10.0 Å². The summed E-state index contributed by atoms with van der Waals surface area (Å²) in [5.41, 5.74) is 0.453. The Labute approximate surface area is 148 Å². The molecule has 0 saturated carbocycles. The third-order valence-electron chi connectivity index (χ3n) is 3.39. The molecule has 0 bridgehead atoms. The van der Waals surface area contributed by atoms with Crippen molar-refractivity contribution in [3.05, 3.63) is 46.4 Å². The van der Waals surface area contributed by atoms with Gasteiger partial charge in [0.1, 0.15) is 5.75 Å². The SMILES string of the molecule is CC1Oc2ccc(S(=O)(=O)Nc3cccc(Cl)c3Cl)cc2NC1=O. The summed E-state index contributed by atoms with van der Waals surface area (Å²) in [6, 6.07) is 8.81. The van der Waals surface area contributed by atoms with Crippen molar-refractivity contribution in [1.82, 2.24) is 0 Å². The van der Waals surface area contributed by atoms with Gasteiger partial charge in [-0.05, 0) is 37.3 Å². The van der Waals surface area contributed by atoms with E-state index in [1.54, 1.807) is 19.1 Å². The third-order valence-corrected chi connectivity index (χ3v) is 5.57. The van der Waals surface area contributed by atoms with Crippen LogP contribution in [0.4, 0.5) is 11.4 Å². The van der Waals surface area contributed by atoms with Gasteiger partial charge in [0.25, 0.3) is 15.9 Å². The molecule has 0 aromatic heterocycles. The average molecular weight is 387 g/mol. The highest BCUT2D eigenvalue weighted by Crippen LogP contribution is 2.34. The van der Waals surface area contributed by atoms with Crippen molar-refractivity contribution in [2.24, 2.45) is 0 Å². The molecule has 0 fully saturated rings. The smallest absolute Gasteiger partial charge is 0.265 e. The Balaban J connectivity index is 1.95. The fourth-order valence-electron chi connectivity index (χ4n) is 2.14. The summed E-state index contributed by atoms with van der Waals surface area (Å²) >= 11 is 11.9. The van der Waals surface area contributed by atoms with Gasteiger partial charge in [0.2, 0.25) is 0 Å². The molecule has 0 spiro atoms. The van der Waals surface area contributed by atoms with Crippen molar-refractivity contribution < 1.29 is 17.9 Å². The van der Waals surface area contributed by atoms with Gasteiger partial charge in [0, 0.05) is 0 Å². The number of halogens is 2. The number of amides is 1. The zero-order chi connectivity index (χ0) is 17.5. The quantitative estimate of drug-likeness (QED) is 0.844. The molecule has 24 heavy (non-hydrogen) atoms. The largest absolute Gasteiger partial charge is 0.479 e. The van der Waals surface area contributed by atoms with Crippen molar-refractivity contribution >= 4 is 50.5 Å². The minimum atomic E-state index is -3.92. The number of ether oxygens (including phenoxy) is 1. The van der Waals surface area contributed by atoms with Crippen LogP contribution in [0.2, 0.25) is 10.0 Å². The minimum absolute atomic E-state index is 0.0456. The van der Waals surface area contributed by atoms with Gasteiger partial charge in [-0.1, -0.05) is 29.3 Å². The number of anilines is 2. The number of hydrogen-bond donors (Lipinski definition) is 2. The van der Waals surface area contributed by atoms with Crippen LogP contribution in [-0.4, -0.2) is 20.4 Å². The summed E-state index contributed by atoms with van der Waals surface area (Å²) in [6.45, 7) is 1.60. The molecule has 0 saturated heterocycles. The number of sulfonamides is 1. The van der Waals surface area contributed by atoms with Gasteiger partial charge in [-0.15, -0.1) is 0 Å². The topological polar surface area (TPSA) is 84.5 Å². The fourth-order valence-corrected chi connectivity index (χ4v) is 3.64. The van der Waals surface area contributed by atoms with E-state index in [1.807, 2.05) is 0 Å². The van der Waals surface area contributed by atoms with Crippen molar-refractivity contribution in [3.8, 4) is 5.75 Å². The molecule has 2 aromatic carbocycles. The number of carbonyl (C=O) groups excluding carboxylic acids is 1. The Morgan fingerprint density at radius 3 is 2.71 bits per heavy atom. The fraction of sp³-hybridized carbons (Fsp3) is 0.133. The first kappa shape index (κ1) is 16.9. The first-order valence-corrected chi connectivity index (χ1v) is 9.10. The van der Waals surface area contributed by atoms with Gasteiger partial charge >= 0.3 is 0 Å². The average Bonchev–Trinajstić information content (AvgIpc) is 2.52. The molecule has 1 unspecified atom stereocenters. The molecule has 0 radical (unpaired) electrons. The molecular formula is C15H12Cl2N2O4S. The van der Waals surface area contributed by atoms with Crippen LogP contribution >= 0.6 is 23.2 Å². The Kier molecular flexibility index (Phi) is 4.33. The predicted molar refractivity (Wildman–Crippen MR) is 92.4 cm³/mol. The molecule has 2 aromatic rings. The Morgan fingerprint density at radius 2 is 1.96 bits per heavy atom. The molecule has 6 nitrogen and oxygen atoms in total. The molecule has 1 aliphatic heterocycles. The number of rotatable bonds is 3. The van der Waals surface area contributed by atoms with Gasteiger partial charge in [0.15, 0.2) is 6.10 Å². The summed E-state index contributed by atoms with van der Waals surface area (Å²) < 4.78 is 32.8. The first-order chi connectivity index (χ1) is 11.3. The highest BCUT2D eigenvalue weighted by molar-refractivity contribution is 7.92. The normalized spacial score (nSPS) is 16.8. The summed E-state index contributed by atoms with van der Waals surface area (Å²) in [5.74, 6) is 0.0599. The maximum absolute atomic E-state index is 12.5. The Morgan fingerprint density at radius 1 is 1.21 bits per heavy atom. The monoisotopic (exact) mass is 386 g/mol. The lowest BCUT2D eigenvalue weighted by molar-refractivity contribution is -0.122. The Hall–Kier alpha value is -1.96. The Bertz CT molecular complexity index is 931. The van der Waals surface area contributed by atoms with Crippen LogP contribution in [0.15, 0.2) is 41.3 Å². The predicted octanol–water partition coefficient (Wildman–Crippen LogP) is 3.51. The van der Waals surface area contributed by atoms with Gasteiger partial charge in [-0.2, -0.15) is 0 Å². The summed E-state index contributed by atoms with van der Waals surface area (Å²) in [7, 11) is -3.92. The maximum Gasteiger partial charge on any atom is 0.265 e. The van der Waals surface area contributed by atoms with E-state index in [4.69, 9.17) is 27.9 Å².